The molecule has 0 aliphatic heterocycles. The third-order valence-electron chi connectivity index (χ3n) is 4.50. The van der Waals surface area contributed by atoms with E-state index in [1.54, 1.807) is 34.9 Å². The summed E-state index contributed by atoms with van der Waals surface area (Å²) in [5, 5.41) is 9.43. The molecule has 4 rings (SSSR count). The van der Waals surface area contributed by atoms with Crippen LogP contribution in [0.5, 0.6) is 0 Å². The van der Waals surface area contributed by atoms with Crippen LogP contribution in [0.3, 0.4) is 0 Å². The molecular formula is C21H16N4O3. The van der Waals surface area contributed by atoms with Gasteiger partial charge in [0, 0.05) is 17.5 Å². The van der Waals surface area contributed by atoms with E-state index in [1.807, 2.05) is 31.2 Å². The lowest BCUT2D eigenvalue weighted by Crippen LogP contribution is -2.13. The van der Waals surface area contributed by atoms with Crippen molar-refractivity contribution in [3.8, 4) is 22.4 Å². The summed E-state index contributed by atoms with van der Waals surface area (Å²) in [5.74, 6) is -1.61. The first-order valence-corrected chi connectivity index (χ1v) is 8.53. The summed E-state index contributed by atoms with van der Waals surface area (Å²) in [5.41, 5.74) is 10.2. The number of hydrogen-bond acceptors (Lipinski definition) is 4. The summed E-state index contributed by atoms with van der Waals surface area (Å²) in [6.07, 6.45) is 3.14. The number of carboxylic acids is 1. The predicted molar refractivity (Wildman–Crippen MR) is 104 cm³/mol. The molecule has 0 saturated heterocycles. The first-order chi connectivity index (χ1) is 13.4. The molecule has 0 atom stereocenters. The van der Waals surface area contributed by atoms with Crippen LogP contribution >= 0.6 is 0 Å². The molecule has 0 bridgehead atoms. The van der Waals surface area contributed by atoms with E-state index in [0.29, 0.717) is 11.2 Å². The van der Waals surface area contributed by atoms with E-state index in [2.05, 4.69) is 9.97 Å². The zero-order chi connectivity index (χ0) is 19.8. The van der Waals surface area contributed by atoms with Gasteiger partial charge in [-0.15, -0.1) is 0 Å². The molecule has 0 unspecified atom stereocenters. The molecule has 0 spiro atoms. The highest BCUT2D eigenvalue weighted by Crippen LogP contribution is 2.32. The molecule has 138 valence electrons. The number of benzene rings is 1. The second kappa shape index (κ2) is 6.62. The molecular weight excluding hydrogens is 356 g/mol. The maximum absolute atomic E-state index is 11.7. The number of hydrogen-bond donors (Lipinski definition) is 2. The van der Waals surface area contributed by atoms with Crippen LogP contribution in [0.25, 0.3) is 28.0 Å². The number of amides is 1. The maximum Gasteiger partial charge on any atom is 0.335 e. The second-order valence-corrected chi connectivity index (χ2v) is 6.38. The van der Waals surface area contributed by atoms with Gasteiger partial charge in [-0.2, -0.15) is 0 Å². The van der Waals surface area contributed by atoms with E-state index >= 15 is 0 Å². The van der Waals surface area contributed by atoms with Gasteiger partial charge in [0.25, 0.3) is 5.91 Å². The van der Waals surface area contributed by atoms with E-state index in [-0.39, 0.29) is 11.3 Å². The van der Waals surface area contributed by atoms with Gasteiger partial charge >= 0.3 is 5.97 Å². The minimum Gasteiger partial charge on any atom is -0.478 e. The van der Waals surface area contributed by atoms with Gasteiger partial charge in [-0.05, 0) is 54.4 Å². The summed E-state index contributed by atoms with van der Waals surface area (Å²) >= 11 is 0. The lowest BCUT2D eigenvalue weighted by molar-refractivity contribution is 0.0696. The number of rotatable bonds is 4. The molecule has 0 aliphatic carbocycles. The number of aryl methyl sites for hydroxylation is 1. The van der Waals surface area contributed by atoms with E-state index in [0.717, 1.165) is 22.5 Å². The number of aromatic carboxylic acids is 1. The van der Waals surface area contributed by atoms with E-state index < -0.39 is 11.9 Å². The topological polar surface area (TPSA) is 111 Å². The van der Waals surface area contributed by atoms with Crippen LogP contribution in [-0.4, -0.2) is 31.4 Å². The molecule has 0 radical (unpaired) electrons. The van der Waals surface area contributed by atoms with Crippen LogP contribution < -0.4 is 5.73 Å². The zero-order valence-corrected chi connectivity index (χ0v) is 15.0. The summed E-state index contributed by atoms with van der Waals surface area (Å²) in [7, 11) is 0. The monoisotopic (exact) mass is 372 g/mol. The fourth-order valence-electron chi connectivity index (χ4n) is 3.15. The fourth-order valence-corrected chi connectivity index (χ4v) is 3.15. The Morgan fingerprint density at radius 3 is 2.61 bits per heavy atom. The standard InChI is InChI=1S/C21H16N4O3/c1-12-3-2-4-17(24-12)15-7-5-13(21(27)28)9-16(15)14-6-8-19-23-10-18(20(22)26)25(19)11-14/h2-11H,1H3,(H2,22,26)(H,27,28). The number of primary amides is 1. The average molecular weight is 372 g/mol. The number of nitrogens with two attached hydrogens (primary N) is 1. The normalized spacial score (nSPS) is 10.9. The Balaban J connectivity index is 1.98. The van der Waals surface area contributed by atoms with Crippen molar-refractivity contribution in [1.82, 2.24) is 14.4 Å². The average Bonchev–Trinajstić information content (AvgIpc) is 3.11. The van der Waals surface area contributed by atoms with E-state index in [9.17, 15) is 14.7 Å². The van der Waals surface area contributed by atoms with Crippen LogP contribution in [0.4, 0.5) is 0 Å². The first-order valence-electron chi connectivity index (χ1n) is 8.53. The van der Waals surface area contributed by atoms with E-state index in [4.69, 9.17) is 5.73 Å². The minimum absolute atomic E-state index is 0.159. The molecule has 4 aromatic rings. The number of carbonyl (C=O) groups is 2. The molecule has 0 aliphatic rings. The van der Waals surface area contributed by atoms with Gasteiger partial charge in [-0.3, -0.25) is 14.2 Å². The quantitative estimate of drug-likeness (QED) is 0.572. The molecule has 7 nitrogen and oxygen atoms in total. The zero-order valence-electron chi connectivity index (χ0n) is 15.0. The highest BCUT2D eigenvalue weighted by atomic mass is 16.4. The number of carbonyl (C=O) groups excluding carboxylic acids is 1. The minimum atomic E-state index is -1.02. The third-order valence-corrected chi connectivity index (χ3v) is 4.50. The van der Waals surface area contributed by atoms with Gasteiger partial charge in [-0.25, -0.2) is 9.78 Å². The number of pyridine rings is 2. The second-order valence-electron chi connectivity index (χ2n) is 6.38. The summed E-state index contributed by atoms with van der Waals surface area (Å²) in [4.78, 5) is 31.9. The first kappa shape index (κ1) is 17.4. The number of imidazole rings is 1. The predicted octanol–water partition coefficient (Wildman–Crippen LogP) is 3.17. The van der Waals surface area contributed by atoms with Crippen molar-refractivity contribution >= 4 is 17.5 Å². The lowest BCUT2D eigenvalue weighted by Gasteiger charge is -2.12. The molecule has 1 amide bonds. The Hall–Kier alpha value is -4.00. The maximum atomic E-state index is 11.7. The lowest BCUT2D eigenvalue weighted by atomic mass is 9.96. The van der Waals surface area contributed by atoms with Crippen molar-refractivity contribution in [2.45, 2.75) is 6.92 Å². The van der Waals surface area contributed by atoms with E-state index in [1.165, 1.54) is 6.20 Å². The van der Waals surface area contributed by atoms with Crippen molar-refractivity contribution in [3.63, 3.8) is 0 Å². The van der Waals surface area contributed by atoms with Gasteiger partial charge in [-0.1, -0.05) is 12.1 Å². The Bertz CT molecular complexity index is 1240. The SMILES string of the molecule is Cc1cccc(-c2ccc(C(=O)O)cc2-c2ccc3ncc(C(N)=O)n3c2)n1. The summed E-state index contributed by atoms with van der Waals surface area (Å²) in [6, 6.07) is 14.1. The van der Waals surface area contributed by atoms with Crippen LogP contribution in [0.2, 0.25) is 0 Å². The molecule has 0 saturated carbocycles. The van der Waals surface area contributed by atoms with Crippen LogP contribution in [-0.2, 0) is 0 Å². The molecule has 3 N–H and O–H groups in total. The van der Waals surface area contributed by atoms with Crippen molar-refractivity contribution < 1.29 is 14.7 Å². The largest absolute Gasteiger partial charge is 0.478 e. The van der Waals surface area contributed by atoms with Crippen molar-refractivity contribution in [2.24, 2.45) is 5.73 Å². The Labute approximate surface area is 160 Å². The number of nitrogens with zero attached hydrogens (tertiary/aromatic N) is 3. The van der Waals surface area contributed by atoms with Gasteiger partial charge < -0.3 is 10.8 Å². The summed E-state index contributed by atoms with van der Waals surface area (Å²) < 4.78 is 1.60. The molecule has 1 aromatic carbocycles. The smallest absolute Gasteiger partial charge is 0.335 e. The molecule has 3 heterocycles. The summed E-state index contributed by atoms with van der Waals surface area (Å²) in [6.45, 7) is 1.89. The van der Waals surface area contributed by atoms with Gasteiger partial charge in [0.2, 0.25) is 0 Å². The Morgan fingerprint density at radius 2 is 1.89 bits per heavy atom. The number of carboxylic acid groups (broad SMARTS) is 1. The molecule has 28 heavy (non-hydrogen) atoms. The molecule has 0 fully saturated rings. The van der Waals surface area contributed by atoms with Crippen LogP contribution in [0.1, 0.15) is 26.5 Å². The van der Waals surface area contributed by atoms with Gasteiger partial charge in [0.15, 0.2) is 0 Å². The van der Waals surface area contributed by atoms with Crippen LogP contribution in [0.15, 0.2) is 60.9 Å². The highest BCUT2D eigenvalue weighted by molar-refractivity contribution is 5.94. The highest BCUT2D eigenvalue weighted by Gasteiger charge is 2.15. The van der Waals surface area contributed by atoms with Crippen molar-refractivity contribution in [3.05, 3.63) is 77.9 Å². The van der Waals surface area contributed by atoms with Crippen molar-refractivity contribution in [1.29, 1.82) is 0 Å². The van der Waals surface area contributed by atoms with Crippen LogP contribution in [0, 0.1) is 6.92 Å². The molecule has 3 aromatic heterocycles. The Kier molecular flexibility index (Phi) is 4.12. The van der Waals surface area contributed by atoms with Gasteiger partial charge in [0.05, 0.1) is 17.5 Å². The number of fused-ring (bicyclic) bond motifs is 1. The Morgan fingerprint density at radius 1 is 1.07 bits per heavy atom. The third kappa shape index (κ3) is 2.99. The fraction of sp³-hybridized carbons (Fsp3) is 0.0476. The van der Waals surface area contributed by atoms with Gasteiger partial charge in [0.1, 0.15) is 11.3 Å². The number of aromatic nitrogens is 3. The molecule has 7 heteroatoms. The van der Waals surface area contributed by atoms with Crippen molar-refractivity contribution in [2.75, 3.05) is 0 Å².